The van der Waals surface area contributed by atoms with E-state index in [2.05, 4.69) is 6.92 Å². The van der Waals surface area contributed by atoms with Crippen LogP contribution in [0.1, 0.15) is 148 Å². The third-order valence-electron chi connectivity index (χ3n) is 6.89. The number of ether oxygens (including phenoxy) is 2. The highest BCUT2D eigenvalue weighted by Crippen LogP contribution is 2.21. The molecule has 2 saturated carbocycles. The van der Waals surface area contributed by atoms with Crippen LogP contribution in [0, 0.1) is 0 Å². The Morgan fingerprint density at radius 3 is 1.38 bits per heavy atom. The molecule has 0 aromatic carbocycles. The monoisotopic (exact) mass is 454 g/mol. The van der Waals surface area contributed by atoms with Crippen molar-refractivity contribution in [3.63, 3.8) is 0 Å². The Bertz CT molecular complexity index is 380. The molecule has 0 amide bonds. The molecule has 0 aliphatic heterocycles. The fraction of sp³-hybridized carbons (Fsp3) is 0.964. The maximum absolute atomic E-state index is 10.3. The molecule has 4 nitrogen and oxygen atoms in total. The molecule has 0 aromatic rings. The zero-order valence-corrected chi connectivity index (χ0v) is 21.3. The van der Waals surface area contributed by atoms with E-state index < -0.39 is 5.97 Å². The van der Waals surface area contributed by atoms with Crippen molar-refractivity contribution in [3.05, 3.63) is 0 Å². The Kier molecular flexibility index (Phi) is 20.4. The average Bonchev–Trinajstić information content (AvgIpc) is 2.82. The van der Waals surface area contributed by atoms with E-state index in [1.807, 2.05) is 0 Å². The van der Waals surface area contributed by atoms with Gasteiger partial charge in [-0.15, -0.1) is 0 Å². The molecule has 0 unspecified atom stereocenters. The first-order chi connectivity index (χ1) is 15.7. The van der Waals surface area contributed by atoms with Gasteiger partial charge in [-0.3, -0.25) is 4.79 Å². The van der Waals surface area contributed by atoms with Gasteiger partial charge in [-0.2, -0.15) is 0 Å². The van der Waals surface area contributed by atoms with Crippen molar-refractivity contribution in [1.29, 1.82) is 0 Å². The molecule has 2 fully saturated rings. The van der Waals surface area contributed by atoms with Crippen molar-refractivity contribution in [2.75, 3.05) is 13.2 Å². The molecule has 0 aromatic heterocycles. The van der Waals surface area contributed by atoms with Gasteiger partial charge < -0.3 is 14.6 Å². The van der Waals surface area contributed by atoms with Gasteiger partial charge in [0.05, 0.1) is 25.4 Å². The van der Waals surface area contributed by atoms with Crippen LogP contribution in [0.5, 0.6) is 0 Å². The fourth-order valence-corrected chi connectivity index (χ4v) is 4.83. The Balaban J connectivity index is 0.000000320. The van der Waals surface area contributed by atoms with E-state index >= 15 is 0 Å². The van der Waals surface area contributed by atoms with Crippen LogP contribution in [-0.4, -0.2) is 36.5 Å². The van der Waals surface area contributed by atoms with Gasteiger partial charge in [0.15, 0.2) is 0 Å². The minimum Gasteiger partial charge on any atom is -0.481 e. The van der Waals surface area contributed by atoms with Gasteiger partial charge in [0.2, 0.25) is 0 Å². The minimum absolute atomic E-state index is 0.344. The molecule has 2 rings (SSSR count). The first kappa shape index (κ1) is 29.4. The minimum atomic E-state index is -0.657. The van der Waals surface area contributed by atoms with Gasteiger partial charge in [0.25, 0.3) is 0 Å². The van der Waals surface area contributed by atoms with E-state index in [1.54, 1.807) is 0 Å². The van der Waals surface area contributed by atoms with Crippen LogP contribution in [0.3, 0.4) is 0 Å². The second-order valence-electron chi connectivity index (χ2n) is 9.94. The van der Waals surface area contributed by atoms with Gasteiger partial charge in [-0.05, 0) is 32.1 Å². The van der Waals surface area contributed by atoms with E-state index in [0.717, 1.165) is 26.1 Å². The Morgan fingerprint density at radius 1 is 0.625 bits per heavy atom. The Morgan fingerprint density at radius 2 is 1.00 bits per heavy atom. The summed E-state index contributed by atoms with van der Waals surface area (Å²) in [5, 5.41) is 8.46. The van der Waals surface area contributed by atoms with Crippen molar-refractivity contribution in [1.82, 2.24) is 0 Å². The van der Waals surface area contributed by atoms with Crippen LogP contribution >= 0.6 is 0 Å². The summed E-state index contributed by atoms with van der Waals surface area (Å²) in [6.45, 7) is 3.86. The lowest BCUT2D eigenvalue weighted by Crippen LogP contribution is -2.22. The maximum Gasteiger partial charge on any atom is 0.303 e. The predicted molar refractivity (Wildman–Crippen MR) is 134 cm³/mol. The van der Waals surface area contributed by atoms with Crippen LogP contribution in [0.15, 0.2) is 0 Å². The summed E-state index contributed by atoms with van der Waals surface area (Å²) in [6.07, 6.45) is 28.7. The molecule has 2 aliphatic rings. The summed E-state index contributed by atoms with van der Waals surface area (Å²) >= 11 is 0. The lowest BCUT2D eigenvalue weighted by molar-refractivity contribution is -0.137. The van der Waals surface area contributed by atoms with E-state index in [-0.39, 0.29) is 0 Å². The number of unbranched alkanes of at least 4 members (excludes halogenated alkanes) is 10. The molecule has 4 heteroatoms. The van der Waals surface area contributed by atoms with E-state index in [9.17, 15) is 4.79 Å². The first-order valence-electron chi connectivity index (χ1n) is 14.2. The normalized spacial score (nSPS) is 17.7. The molecule has 32 heavy (non-hydrogen) atoms. The van der Waals surface area contributed by atoms with E-state index in [4.69, 9.17) is 14.6 Å². The summed E-state index contributed by atoms with van der Waals surface area (Å²) in [4.78, 5) is 10.3. The number of carboxylic acid groups (broad SMARTS) is 1. The SMILES string of the molecule is C1CCC(OCCOC2CCCCC2)CC1.CCCCCCCCCCCCCC(=O)O. The van der Waals surface area contributed by atoms with E-state index in [0.29, 0.717) is 18.6 Å². The molecular formula is C28H54O4. The van der Waals surface area contributed by atoms with Gasteiger partial charge >= 0.3 is 5.97 Å². The largest absolute Gasteiger partial charge is 0.481 e. The highest BCUT2D eigenvalue weighted by Gasteiger charge is 2.15. The Labute approximate surface area is 199 Å². The number of carboxylic acids is 1. The molecule has 0 heterocycles. The Hall–Kier alpha value is -0.610. The molecule has 2 aliphatic carbocycles. The molecule has 1 N–H and O–H groups in total. The molecule has 0 bridgehead atoms. The fourth-order valence-electron chi connectivity index (χ4n) is 4.83. The highest BCUT2D eigenvalue weighted by molar-refractivity contribution is 5.66. The van der Waals surface area contributed by atoms with E-state index in [1.165, 1.54) is 122 Å². The molecule has 0 atom stereocenters. The summed E-state index contributed by atoms with van der Waals surface area (Å²) in [7, 11) is 0. The molecular weight excluding hydrogens is 400 g/mol. The van der Waals surface area contributed by atoms with Crippen molar-refractivity contribution < 1.29 is 19.4 Å². The second-order valence-corrected chi connectivity index (χ2v) is 9.94. The topological polar surface area (TPSA) is 55.8 Å². The molecule has 190 valence electrons. The lowest BCUT2D eigenvalue weighted by Gasteiger charge is -2.24. The van der Waals surface area contributed by atoms with Crippen LogP contribution < -0.4 is 0 Å². The van der Waals surface area contributed by atoms with Crippen LogP contribution in [0.4, 0.5) is 0 Å². The van der Waals surface area contributed by atoms with Gasteiger partial charge in [-0.25, -0.2) is 0 Å². The van der Waals surface area contributed by atoms with Crippen molar-refractivity contribution in [3.8, 4) is 0 Å². The number of hydrogen-bond acceptors (Lipinski definition) is 3. The van der Waals surface area contributed by atoms with Crippen LogP contribution in [0.2, 0.25) is 0 Å². The van der Waals surface area contributed by atoms with Crippen LogP contribution in [-0.2, 0) is 14.3 Å². The van der Waals surface area contributed by atoms with Crippen LogP contribution in [0.25, 0.3) is 0 Å². The summed E-state index contributed by atoms with van der Waals surface area (Å²) < 4.78 is 11.7. The van der Waals surface area contributed by atoms with Gasteiger partial charge in [0.1, 0.15) is 0 Å². The number of hydrogen-bond donors (Lipinski definition) is 1. The molecule has 0 radical (unpaired) electrons. The number of carbonyl (C=O) groups is 1. The summed E-state index contributed by atoms with van der Waals surface area (Å²) in [6, 6.07) is 0. The second kappa shape index (κ2) is 22.2. The highest BCUT2D eigenvalue weighted by atomic mass is 16.5. The summed E-state index contributed by atoms with van der Waals surface area (Å²) in [5.74, 6) is -0.657. The lowest BCUT2D eigenvalue weighted by atomic mass is 9.98. The van der Waals surface area contributed by atoms with Crippen molar-refractivity contribution >= 4 is 5.97 Å². The maximum atomic E-state index is 10.3. The first-order valence-corrected chi connectivity index (χ1v) is 14.2. The van der Waals surface area contributed by atoms with Crippen molar-refractivity contribution in [2.45, 2.75) is 160 Å². The third kappa shape index (κ3) is 18.9. The quantitative estimate of drug-likeness (QED) is 0.224. The average molecular weight is 455 g/mol. The van der Waals surface area contributed by atoms with Gasteiger partial charge in [0, 0.05) is 6.42 Å². The zero-order chi connectivity index (χ0) is 23.1. The summed E-state index contributed by atoms with van der Waals surface area (Å²) in [5.41, 5.74) is 0. The molecule has 0 saturated heterocycles. The smallest absolute Gasteiger partial charge is 0.303 e. The number of rotatable bonds is 17. The molecule has 0 spiro atoms. The predicted octanol–water partition coefficient (Wildman–Crippen LogP) is 8.46. The van der Waals surface area contributed by atoms with Crippen molar-refractivity contribution in [2.24, 2.45) is 0 Å². The zero-order valence-electron chi connectivity index (χ0n) is 21.3. The number of aliphatic carboxylic acids is 1. The third-order valence-corrected chi connectivity index (χ3v) is 6.89. The van der Waals surface area contributed by atoms with Gasteiger partial charge in [-0.1, -0.05) is 110 Å². The standard InChI is InChI=1S/C14H26O2.C14H28O2/c1-3-7-13(8-4-1)15-11-12-16-14-9-5-2-6-10-14;1-2-3-4-5-6-7-8-9-10-11-12-13-14(15)16/h13-14H,1-12H2;2-13H2,1H3,(H,15,16).